The molecule has 0 fully saturated rings. The molecule has 3 aromatic carbocycles. The summed E-state index contributed by atoms with van der Waals surface area (Å²) in [7, 11) is 0. The molecule has 0 radical (unpaired) electrons. The van der Waals surface area contributed by atoms with Crippen molar-refractivity contribution < 1.29 is 0 Å². The molecule has 0 saturated carbocycles. The lowest BCUT2D eigenvalue weighted by Gasteiger charge is -2.14. The molecule has 0 bridgehead atoms. The normalized spacial score (nSPS) is 13.5. The number of rotatable bonds is 3. The van der Waals surface area contributed by atoms with Crippen LogP contribution < -0.4 is 0 Å². The van der Waals surface area contributed by atoms with Gasteiger partial charge in [-0.2, -0.15) is 0 Å². The van der Waals surface area contributed by atoms with Crippen LogP contribution in [0.25, 0.3) is 33.4 Å². The van der Waals surface area contributed by atoms with Gasteiger partial charge in [0.25, 0.3) is 0 Å². The summed E-state index contributed by atoms with van der Waals surface area (Å²) in [5.74, 6) is 1.73. The molecule has 1 aliphatic rings. The maximum absolute atomic E-state index is 4.62. The van der Waals surface area contributed by atoms with E-state index in [-0.39, 0.29) is 0 Å². The van der Waals surface area contributed by atoms with Crippen LogP contribution in [0.5, 0.6) is 0 Å². The van der Waals surface area contributed by atoms with Crippen LogP contribution in [0.4, 0.5) is 0 Å². The van der Waals surface area contributed by atoms with Crippen molar-refractivity contribution in [3.05, 3.63) is 109 Å². The SMILES string of the molecule is C1=CC=C(c2nnc(-c3ccccc3)n2-c2cccc3ccccc23)CC=C1. The number of aromatic nitrogens is 3. The monoisotopic (exact) mass is 361 g/mol. The molecule has 0 saturated heterocycles. The second-order valence-electron chi connectivity index (χ2n) is 6.76. The lowest BCUT2D eigenvalue weighted by Crippen LogP contribution is -2.04. The molecule has 1 heterocycles. The molecular formula is C25H19N3. The molecule has 0 aliphatic heterocycles. The zero-order valence-electron chi connectivity index (χ0n) is 15.4. The smallest absolute Gasteiger partial charge is 0.168 e. The van der Waals surface area contributed by atoms with E-state index in [1.165, 1.54) is 10.8 Å². The lowest BCUT2D eigenvalue weighted by atomic mass is 10.1. The zero-order valence-corrected chi connectivity index (χ0v) is 15.4. The van der Waals surface area contributed by atoms with E-state index in [0.717, 1.165) is 34.9 Å². The van der Waals surface area contributed by atoms with Gasteiger partial charge >= 0.3 is 0 Å². The molecule has 0 amide bonds. The van der Waals surface area contributed by atoms with Crippen LogP contribution >= 0.6 is 0 Å². The fourth-order valence-corrected chi connectivity index (χ4v) is 3.64. The van der Waals surface area contributed by atoms with Crippen LogP contribution in [0.2, 0.25) is 0 Å². The van der Waals surface area contributed by atoms with Crippen LogP contribution in [-0.4, -0.2) is 14.8 Å². The summed E-state index contributed by atoms with van der Waals surface area (Å²) in [6.07, 6.45) is 11.3. The van der Waals surface area contributed by atoms with Crippen molar-refractivity contribution in [1.29, 1.82) is 0 Å². The first kappa shape index (κ1) is 16.5. The van der Waals surface area contributed by atoms with Crippen molar-refractivity contribution in [2.45, 2.75) is 6.42 Å². The van der Waals surface area contributed by atoms with Crippen molar-refractivity contribution in [1.82, 2.24) is 14.8 Å². The number of fused-ring (bicyclic) bond motifs is 1. The molecule has 0 unspecified atom stereocenters. The molecular weight excluding hydrogens is 342 g/mol. The van der Waals surface area contributed by atoms with Gasteiger partial charge in [0, 0.05) is 16.5 Å². The van der Waals surface area contributed by atoms with Crippen LogP contribution in [0.15, 0.2) is 103 Å². The first-order valence-corrected chi connectivity index (χ1v) is 9.43. The molecule has 3 heteroatoms. The number of nitrogens with zero attached hydrogens (tertiary/aromatic N) is 3. The van der Waals surface area contributed by atoms with Crippen LogP contribution in [-0.2, 0) is 0 Å². The van der Waals surface area contributed by atoms with Crippen LogP contribution in [0.1, 0.15) is 12.2 Å². The Labute approximate surface area is 164 Å². The van der Waals surface area contributed by atoms with Gasteiger partial charge < -0.3 is 0 Å². The molecule has 3 nitrogen and oxygen atoms in total. The average Bonchev–Trinajstić information content (AvgIpc) is 3.01. The van der Waals surface area contributed by atoms with Gasteiger partial charge in [0.1, 0.15) is 0 Å². The van der Waals surface area contributed by atoms with Crippen LogP contribution in [0, 0.1) is 0 Å². The summed E-state index contributed by atoms with van der Waals surface area (Å²) in [5, 5.41) is 11.6. The Morgan fingerprint density at radius 1 is 0.679 bits per heavy atom. The molecule has 0 N–H and O–H groups in total. The third-order valence-corrected chi connectivity index (χ3v) is 4.98. The maximum atomic E-state index is 4.62. The number of hydrogen-bond donors (Lipinski definition) is 0. The summed E-state index contributed by atoms with van der Waals surface area (Å²) >= 11 is 0. The fraction of sp³-hybridized carbons (Fsp3) is 0.0400. The van der Waals surface area contributed by atoms with E-state index in [0.29, 0.717) is 0 Å². The standard InChI is InChI=1S/C25H19N3/c1-2-5-13-20(12-4-1)24-26-27-25(21-14-6-3-7-15-21)28(24)23-18-10-16-19-11-8-9-17-22(19)23/h1-12,14-18H,13H2. The highest BCUT2D eigenvalue weighted by Crippen LogP contribution is 2.31. The molecule has 4 aromatic rings. The van der Waals surface area contributed by atoms with E-state index in [9.17, 15) is 0 Å². The minimum atomic E-state index is 0.824. The van der Waals surface area contributed by atoms with Crippen molar-refractivity contribution in [2.75, 3.05) is 0 Å². The number of hydrogen-bond acceptors (Lipinski definition) is 2. The van der Waals surface area contributed by atoms with Crippen LogP contribution in [0.3, 0.4) is 0 Å². The van der Waals surface area contributed by atoms with E-state index in [1.54, 1.807) is 0 Å². The first-order valence-electron chi connectivity index (χ1n) is 9.43. The van der Waals surface area contributed by atoms with E-state index < -0.39 is 0 Å². The summed E-state index contributed by atoms with van der Waals surface area (Å²) in [6, 6.07) is 25.1. The van der Waals surface area contributed by atoms with Gasteiger partial charge in [-0.3, -0.25) is 4.57 Å². The molecule has 0 atom stereocenters. The molecule has 0 spiro atoms. The van der Waals surface area contributed by atoms with Gasteiger partial charge in [-0.05, 0) is 17.9 Å². The highest BCUT2D eigenvalue weighted by molar-refractivity contribution is 5.91. The minimum Gasteiger partial charge on any atom is -0.275 e. The lowest BCUT2D eigenvalue weighted by molar-refractivity contribution is 1.02. The van der Waals surface area contributed by atoms with Gasteiger partial charge in [0.2, 0.25) is 0 Å². The van der Waals surface area contributed by atoms with Gasteiger partial charge in [0.05, 0.1) is 5.69 Å². The van der Waals surface area contributed by atoms with Crippen molar-refractivity contribution >= 4 is 16.3 Å². The van der Waals surface area contributed by atoms with Gasteiger partial charge in [-0.25, -0.2) is 0 Å². The van der Waals surface area contributed by atoms with Crippen molar-refractivity contribution in [3.8, 4) is 17.1 Å². The van der Waals surface area contributed by atoms with Gasteiger partial charge in [-0.1, -0.05) is 97.1 Å². The zero-order chi connectivity index (χ0) is 18.8. The second-order valence-corrected chi connectivity index (χ2v) is 6.76. The number of benzene rings is 3. The summed E-state index contributed by atoms with van der Waals surface area (Å²) in [5.41, 5.74) is 3.29. The second kappa shape index (κ2) is 7.12. The summed E-state index contributed by atoms with van der Waals surface area (Å²) < 4.78 is 2.19. The van der Waals surface area contributed by atoms with Gasteiger partial charge in [0.15, 0.2) is 11.6 Å². The largest absolute Gasteiger partial charge is 0.275 e. The number of allylic oxidation sites excluding steroid dienone is 6. The topological polar surface area (TPSA) is 30.7 Å². The molecule has 1 aliphatic carbocycles. The van der Waals surface area contributed by atoms with Crippen molar-refractivity contribution in [2.24, 2.45) is 0 Å². The van der Waals surface area contributed by atoms with E-state index >= 15 is 0 Å². The average molecular weight is 361 g/mol. The summed E-state index contributed by atoms with van der Waals surface area (Å²) in [6.45, 7) is 0. The van der Waals surface area contributed by atoms with E-state index in [4.69, 9.17) is 0 Å². The molecule has 1 aromatic heterocycles. The van der Waals surface area contributed by atoms with E-state index in [2.05, 4.69) is 93.7 Å². The fourth-order valence-electron chi connectivity index (χ4n) is 3.64. The Morgan fingerprint density at radius 2 is 1.46 bits per heavy atom. The molecule has 5 rings (SSSR count). The Morgan fingerprint density at radius 3 is 2.39 bits per heavy atom. The Bertz CT molecular complexity index is 1220. The predicted octanol–water partition coefficient (Wildman–Crippen LogP) is 5.99. The third kappa shape index (κ3) is 2.87. The van der Waals surface area contributed by atoms with E-state index in [1.807, 2.05) is 24.3 Å². The Kier molecular flexibility index (Phi) is 4.19. The third-order valence-electron chi connectivity index (χ3n) is 4.98. The predicted molar refractivity (Wildman–Crippen MR) is 115 cm³/mol. The summed E-state index contributed by atoms with van der Waals surface area (Å²) in [4.78, 5) is 0. The van der Waals surface area contributed by atoms with Gasteiger partial charge in [-0.15, -0.1) is 10.2 Å². The maximum Gasteiger partial charge on any atom is 0.168 e. The Balaban J connectivity index is 1.81. The first-order chi connectivity index (χ1) is 13.9. The minimum absolute atomic E-state index is 0.824. The Hall–Kier alpha value is -3.72. The quantitative estimate of drug-likeness (QED) is 0.449. The highest BCUT2D eigenvalue weighted by atomic mass is 15.3. The van der Waals surface area contributed by atoms with Crippen molar-refractivity contribution in [3.63, 3.8) is 0 Å². The highest BCUT2D eigenvalue weighted by Gasteiger charge is 2.19. The molecule has 134 valence electrons. The molecule has 28 heavy (non-hydrogen) atoms.